The van der Waals surface area contributed by atoms with Gasteiger partial charge in [0.05, 0.1) is 0 Å². The van der Waals surface area contributed by atoms with Crippen LogP contribution in [0.15, 0.2) is 30.4 Å². The highest BCUT2D eigenvalue weighted by atomic mass is 16.4. The van der Waals surface area contributed by atoms with E-state index in [-0.39, 0.29) is 0 Å². The van der Waals surface area contributed by atoms with Gasteiger partial charge in [0, 0.05) is 11.7 Å². The summed E-state index contributed by atoms with van der Waals surface area (Å²) in [5.41, 5.74) is 3.51. The molecule has 0 aliphatic carbocycles. The van der Waals surface area contributed by atoms with E-state index in [1.165, 1.54) is 11.1 Å². The highest BCUT2D eigenvalue weighted by Crippen LogP contribution is 2.42. The molecule has 4 heteroatoms. The van der Waals surface area contributed by atoms with Crippen molar-refractivity contribution in [2.75, 3.05) is 11.9 Å². The summed E-state index contributed by atoms with van der Waals surface area (Å²) in [4.78, 5) is 11.9. The number of hydrogen-bond acceptors (Lipinski definition) is 3. The molecule has 2 aliphatic rings. The standard InChI is InChI=1S/C20H28N2O2/c1-12(2)10-18-14(4)13(3)16-11-15(6-7-17(16)22-18)20(19(23)24)8-5-9-21-20/h6-7,11,13-14,18,21-22H,1,5,8-10H2,2-4H3,(H,23,24). The zero-order chi connectivity index (χ0) is 17.5. The molecule has 0 radical (unpaired) electrons. The molecule has 0 spiro atoms. The van der Waals surface area contributed by atoms with Gasteiger partial charge in [-0.25, -0.2) is 4.79 Å². The van der Waals surface area contributed by atoms with Crippen molar-refractivity contribution in [3.63, 3.8) is 0 Å². The van der Waals surface area contributed by atoms with Crippen molar-refractivity contribution in [3.05, 3.63) is 41.5 Å². The molecule has 1 aromatic rings. The van der Waals surface area contributed by atoms with E-state index in [1.807, 2.05) is 6.07 Å². The SMILES string of the molecule is C=C(C)CC1Nc2ccc(C3(C(=O)O)CCCN3)cc2C(C)C1C. The van der Waals surface area contributed by atoms with E-state index in [0.717, 1.165) is 30.6 Å². The van der Waals surface area contributed by atoms with Crippen LogP contribution in [0.2, 0.25) is 0 Å². The van der Waals surface area contributed by atoms with E-state index < -0.39 is 11.5 Å². The van der Waals surface area contributed by atoms with Crippen LogP contribution in [-0.4, -0.2) is 23.7 Å². The highest BCUT2D eigenvalue weighted by Gasteiger charge is 2.43. The van der Waals surface area contributed by atoms with Crippen LogP contribution in [0.1, 0.15) is 57.1 Å². The molecule has 4 atom stereocenters. The number of carboxylic acids is 1. The predicted octanol–water partition coefficient (Wildman–Crippen LogP) is 3.85. The van der Waals surface area contributed by atoms with Crippen LogP contribution >= 0.6 is 0 Å². The highest BCUT2D eigenvalue weighted by molar-refractivity contribution is 5.82. The van der Waals surface area contributed by atoms with E-state index >= 15 is 0 Å². The fourth-order valence-corrected chi connectivity index (χ4v) is 4.21. The van der Waals surface area contributed by atoms with Crippen molar-refractivity contribution in [1.29, 1.82) is 0 Å². The lowest BCUT2D eigenvalue weighted by Gasteiger charge is -2.38. The van der Waals surface area contributed by atoms with E-state index in [4.69, 9.17) is 0 Å². The van der Waals surface area contributed by atoms with Gasteiger partial charge >= 0.3 is 5.97 Å². The van der Waals surface area contributed by atoms with Crippen molar-refractivity contribution in [1.82, 2.24) is 5.32 Å². The molecule has 1 saturated heterocycles. The van der Waals surface area contributed by atoms with E-state index in [2.05, 4.69) is 50.1 Å². The number of carboxylic acid groups (broad SMARTS) is 1. The van der Waals surface area contributed by atoms with Gasteiger partial charge in [-0.2, -0.15) is 0 Å². The Kier molecular flexibility index (Phi) is 4.43. The Balaban J connectivity index is 1.97. The Morgan fingerprint density at radius 3 is 2.75 bits per heavy atom. The number of benzene rings is 1. The molecule has 3 N–H and O–H groups in total. The number of carbonyl (C=O) groups is 1. The third kappa shape index (κ3) is 2.73. The first kappa shape index (κ1) is 17.0. The maximum Gasteiger partial charge on any atom is 0.328 e. The smallest absolute Gasteiger partial charge is 0.328 e. The summed E-state index contributed by atoms with van der Waals surface area (Å²) in [6, 6.07) is 6.52. The number of aliphatic carboxylic acids is 1. The molecule has 1 fully saturated rings. The molecular formula is C20H28N2O2. The number of hydrogen-bond donors (Lipinski definition) is 3. The molecule has 4 nitrogen and oxygen atoms in total. The molecule has 3 rings (SSSR count). The summed E-state index contributed by atoms with van der Waals surface area (Å²) in [5.74, 6) is 0.0872. The molecule has 0 aromatic heterocycles. The Labute approximate surface area is 144 Å². The first-order valence-corrected chi connectivity index (χ1v) is 8.89. The minimum Gasteiger partial charge on any atom is -0.480 e. The quantitative estimate of drug-likeness (QED) is 0.735. The zero-order valence-electron chi connectivity index (χ0n) is 14.9. The number of anilines is 1. The van der Waals surface area contributed by atoms with Crippen LogP contribution in [0.25, 0.3) is 0 Å². The van der Waals surface area contributed by atoms with Crippen molar-refractivity contribution < 1.29 is 9.90 Å². The molecule has 2 heterocycles. The normalized spacial score (nSPS) is 32.0. The van der Waals surface area contributed by atoms with Crippen molar-refractivity contribution in [3.8, 4) is 0 Å². The van der Waals surface area contributed by atoms with Crippen LogP contribution in [0.3, 0.4) is 0 Å². The molecule has 0 amide bonds. The molecule has 0 saturated carbocycles. The largest absolute Gasteiger partial charge is 0.480 e. The third-order valence-corrected chi connectivity index (χ3v) is 5.89. The van der Waals surface area contributed by atoms with Gasteiger partial charge in [0.25, 0.3) is 0 Å². The summed E-state index contributed by atoms with van der Waals surface area (Å²) in [7, 11) is 0. The fraction of sp³-hybridized carbons (Fsp3) is 0.550. The average Bonchev–Trinajstić information content (AvgIpc) is 3.02. The van der Waals surface area contributed by atoms with Crippen molar-refractivity contribution >= 4 is 11.7 Å². The van der Waals surface area contributed by atoms with Gasteiger partial charge < -0.3 is 10.4 Å². The number of rotatable bonds is 4. The van der Waals surface area contributed by atoms with Gasteiger partial charge in [0.2, 0.25) is 0 Å². The first-order chi connectivity index (χ1) is 11.3. The van der Waals surface area contributed by atoms with Crippen LogP contribution in [0.5, 0.6) is 0 Å². The molecular weight excluding hydrogens is 300 g/mol. The van der Waals surface area contributed by atoms with Crippen LogP contribution < -0.4 is 10.6 Å². The second-order valence-corrected chi connectivity index (χ2v) is 7.60. The van der Waals surface area contributed by atoms with Gasteiger partial charge in [-0.1, -0.05) is 31.6 Å². The minimum atomic E-state index is -0.924. The summed E-state index contributed by atoms with van der Waals surface area (Å²) in [5, 5.41) is 16.7. The monoisotopic (exact) mass is 328 g/mol. The molecule has 1 aromatic carbocycles. The zero-order valence-corrected chi connectivity index (χ0v) is 14.9. The summed E-state index contributed by atoms with van der Waals surface area (Å²) in [6.45, 7) is 11.4. The van der Waals surface area contributed by atoms with Gasteiger partial charge in [-0.05, 0) is 61.8 Å². The molecule has 4 unspecified atom stereocenters. The van der Waals surface area contributed by atoms with E-state index in [9.17, 15) is 9.90 Å². The topological polar surface area (TPSA) is 61.4 Å². The number of fused-ring (bicyclic) bond motifs is 1. The lowest BCUT2D eigenvalue weighted by Crippen LogP contribution is -2.45. The van der Waals surface area contributed by atoms with Gasteiger partial charge in [0.15, 0.2) is 0 Å². The lowest BCUT2D eigenvalue weighted by atomic mass is 9.76. The Bertz CT molecular complexity index is 662. The Morgan fingerprint density at radius 1 is 1.42 bits per heavy atom. The number of nitrogens with one attached hydrogen (secondary N) is 2. The van der Waals surface area contributed by atoms with Crippen LogP contribution in [0, 0.1) is 5.92 Å². The Hall–Kier alpha value is -1.81. The van der Waals surface area contributed by atoms with Gasteiger partial charge in [-0.15, -0.1) is 6.58 Å². The van der Waals surface area contributed by atoms with Crippen LogP contribution in [0.4, 0.5) is 5.69 Å². The molecule has 24 heavy (non-hydrogen) atoms. The average molecular weight is 328 g/mol. The van der Waals surface area contributed by atoms with E-state index in [1.54, 1.807) is 0 Å². The molecule has 2 aliphatic heterocycles. The molecule has 130 valence electrons. The van der Waals surface area contributed by atoms with Crippen molar-refractivity contribution in [2.45, 2.75) is 57.5 Å². The second-order valence-electron chi connectivity index (χ2n) is 7.60. The van der Waals surface area contributed by atoms with Gasteiger partial charge in [0.1, 0.15) is 5.54 Å². The van der Waals surface area contributed by atoms with E-state index in [0.29, 0.717) is 24.3 Å². The third-order valence-electron chi connectivity index (χ3n) is 5.89. The second kappa shape index (κ2) is 6.25. The summed E-state index contributed by atoms with van der Waals surface area (Å²) < 4.78 is 0. The minimum absolute atomic E-state index is 0.383. The van der Waals surface area contributed by atoms with Gasteiger partial charge in [-0.3, -0.25) is 5.32 Å². The Morgan fingerprint density at radius 2 is 2.17 bits per heavy atom. The maximum absolute atomic E-state index is 11.9. The molecule has 0 bridgehead atoms. The fourth-order valence-electron chi connectivity index (χ4n) is 4.21. The first-order valence-electron chi connectivity index (χ1n) is 8.89. The predicted molar refractivity (Wildman–Crippen MR) is 97.4 cm³/mol. The summed E-state index contributed by atoms with van der Waals surface area (Å²) >= 11 is 0. The lowest BCUT2D eigenvalue weighted by molar-refractivity contribution is -0.144. The van der Waals surface area contributed by atoms with Crippen molar-refractivity contribution in [2.24, 2.45) is 5.92 Å². The summed E-state index contributed by atoms with van der Waals surface area (Å²) in [6.07, 6.45) is 2.51. The maximum atomic E-state index is 11.9. The van der Waals surface area contributed by atoms with Crippen LogP contribution in [-0.2, 0) is 10.3 Å².